The minimum absolute atomic E-state index is 0.188. The number of rotatable bonds is 6. The van der Waals surface area contributed by atoms with Crippen molar-refractivity contribution in [1.82, 2.24) is 15.2 Å². The van der Waals surface area contributed by atoms with E-state index in [1.54, 1.807) is 20.0 Å². The highest BCUT2D eigenvalue weighted by atomic mass is 16.6. The second kappa shape index (κ2) is 6.07. The highest BCUT2D eigenvalue weighted by Crippen LogP contribution is 2.35. The molecule has 1 heterocycles. The van der Waals surface area contributed by atoms with Gasteiger partial charge in [-0.15, -0.1) is 0 Å². The normalized spacial score (nSPS) is 16.8. The van der Waals surface area contributed by atoms with Gasteiger partial charge in [0.2, 0.25) is 0 Å². The number of nitro groups is 1. The molecule has 1 fully saturated rings. The fraction of sp³-hybridized carbons (Fsp3) is 0.667. The van der Waals surface area contributed by atoms with Crippen molar-refractivity contribution in [2.75, 3.05) is 20.6 Å². The molecule has 21 heavy (non-hydrogen) atoms. The standard InChI is InChI=1S/C15H24N4O2/c1-11-8-17-13(12(2)14(11)19(20)21)9-16-10-15(18(3)4)6-5-7-15/h8,16H,5-7,9-10H2,1-4H3. The maximum Gasteiger partial charge on any atom is 0.278 e. The molecule has 1 aromatic rings. The number of hydrogen-bond donors (Lipinski definition) is 1. The van der Waals surface area contributed by atoms with Gasteiger partial charge in [0.1, 0.15) is 0 Å². The maximum atomic E-state index is 11.1. The van der Waals surface area contributed by atoms with Gasteiger partial charge in [-0.3, -0.25) is 15.1 Å². The molecule has 0 unspecified atom stereocenters. The van der Waals surface area contributed by atoms with Crippen molar-refractivity contribution in [2.45, 2.75) is 45.2 Å². The number of aryl methyl sites for hydroxylation is 1. The molecule has 6 heteroatoms. The lowest BCUT2D eigenvalue weighted by Gasteiger charge is -2.47. The Kier molecular flexibility index (Phi) is 4.58. The Morgan fingerprint density at radius 3 is 2.57 bits per heavy atom. The van der Waals surface area contributed by atoms with Crippen molar-refractivity contribution in [3.63, 3.8) is 0 Å². The van der Waals surface area contributed by atoms with E-state index >= 15 is 0 Å². The Hall–Kier alpha value is -1.53. The average Bonchev–Trinajstić information content (AvgIpc) is 2.34. The summed E-state index contributed by atoms with van der Waals surface area (Å²) >= 11 is 0. The van der Waals surface area contributed by atoms with E-state index in [1.807, 2.05) is 0 Å². The Balaban J connectivity index is 2.04. The molecule has 0 spiro atoms. The van der Waals surface area contributed by atoms with Gasteiger partial charge in [0.05, 0.1) is 10.6 Å². The smallest absolute Gasteiger partial charge is 0.278 e. The summed E-state index contributed by atoms with van der Waals surface area (Å²) in [7, 11) is 4.22. The van der Waals surface area contributed by atoms with Gasteiger partial charge in [-0.25, -0.2) is 0 Å². The lowest BCUT2D eigenvalue weighted by atomic mass is 9.75. The van der Waals surface area contributed by atoms with Crippen molar-refractivity contribution in [1.29, 1.82) is 0 Å². The highest BCUT2D eigenvalue weighted by Gasteiger charge is 2.38. The molecule has 1 saturated carbocycles. The summed E-state index contributed by atoms with van der Waals surface area (Å²) in [4.78, 5) is 17.4. The Morgan fingerprint density at radius 2 is 2.10 bits per heavy atom. The Bertz CT molecular complexity index is 539. The summed E-state index contributed by atoms with van der Waals surface area (Å²) in [5, 5.41) is 14.5. The molecule has 1 aliphatic rings. The van der Waals surface area contributed by atoms with Crippen LogP contribution in [0.1, 0.15) is 36.1 Å². The number of pyridine rings is 1. The molecule has 0 aliphatic heterocycles. The van der Waals surface area contributed by atoms with E-state index in [9.17, 15) is 10.1 Å². The van der Waals surface area contributed by atoms with Crippen LogP contribution in [0, 0.1) is 24.0 Å². The summed E-state index contributed by atoms with van der Waals surface area (Å²) < 4.78 is 0. The molecular weight excluding hydrogens is 268 g/mol. The van der Waals surface area contributed by atoms with Gasteiger partial charge in [0, 0.05) is 36.0 Å². The second-order valence-electron chi connectivity index (χ2n) is 6.19. The number of aromatic nitrogens is 1. The molecule has 6 nitrogen and oxygen atoms in total. The minimum Gasteiger partial charge on any atom is -0.309 e. The number of nitrogens with one attached hydrogen (secondary N) is 1. The van der Waals surface area contributed by atoms with E-state index in [1.165, 1.54) is 19.3 Å². The molecule has 0 saturated heterocycles. The number of hydrogen-bond acceptors (Lipinski definition) is 5. The van der Waals surface area contributed by atoms with Crippen molar-refractivity contribution < 1.29 is 4.92 Å². The van der Waals surface area contributed by atoms with Gasteiger partial charge in [-0.2, -0.15) is 0 Å². The van der Waals surface area contributed by atoms with Crippen LogP contribution >= 0.6 is 0 Å². The molecule has 0 atom stereocenters. The van der Waals surface area contributed by atoms with Crippen molar-refractivity contribution >= 4 is 5.69 Å². The van der Waals surface area contributed by atoms with Gasteiger partial charge < -0.3 is 10.2 Å². The Labute approximate surface area is 125 Å². The van der Waals surface area contributed by atoms with Crippen LogP contribution in [0.2, 0.25) is 0 Å². The van der Waals surface area contributed by atoms with Crippen LogP contribution in [-0.2, 0) is 6.54 Å². The zero-order valence-electron chi connectivity index (χ0n) is 13.3. The van der Waals surface area contributed by atoms with E-state index < -0.39 is 0 Å². The van der Waals surface area contributed by atoms with Gasteiger partial charge in [0.15, 0.2) is 0 Å². The van der Waals surface area contributed by atoms with E-state index in [2.05, 4.69) is 29.3 Å². The summed E-state index contributed by atoms with van der Waals surface area (Å²) in [6.45, 7) is 4.97. The van der Waals surface area contributed by atoms with Crippen LogP contribution in [-0.4, -0.2) is 41.0 Å². The molecule has 0 radical (unpaired) electrons. The van der Waals surface area contributed by atoms with Crippen molar-refractivity contribution in [3.8, 4) is 0 Å². The topological polar surface area (TPSA) is 71.3 Å². The fourth-order valence-corrected chi connectivity index (χ4v) is 3.00. The van der Waals surface area contributed by atoms with E-state index in [4.69, 9.17) is 0 Å². The second-order valence-corrected chi connectivity index (χ2v) is 6.19. The third kappa shape index (κ3) is 3.06. The molecule has 0 amide bonds. The van der Waals surface area contributed by atoms with Crippen molar-refractivity contribution in [3.05, 3.63) is 33.1 Å². The van der Waals surface area contributed by atoms with Crippen LogP contribution in [0.5, 0.6) is 0 Å². The fourth-order valence-electron chi connectivity index (χ4n) is 3.00. The predicted octanol–water partition coefficient (Wildman–Crippen LogP) is 2.18. The molecule has 116 valence electrons. The van der Waals surface area contributed by atoms with Gasteiger partial charge in [-0.05, 0) is 47.2 Å². The summed E-state index contributed by atoms with van der Waals surface area (Å²) in [6, 6.07) is 0. The van der Waals surface area contributed by atoms with Crippen LogP contribution in [0.4, 0.5) is 5.69 Å². The maximum absolute atomic E-state index is 11.1. The monoisotopic (exact) mass is 292 g/mol. The van der Waals surface area contributed by atoms with Crippen molar-refractivity contribution in [2.24, 2.45) is 0 Å². The number of likely N-dealkylation sites (N-methyl/N-ethyl adjacent to an activating group) is 1. The van der Waals surface area contributed by atoms with Crippen LogP contribution < -0.4 is 5.32 Å². The predicted molar refractivity (Wildman–Crippen MR) is 82.3 cm³/mol. The first-order chi connectivity index (χ1) is 9.87. The first-order valence-corrected chi connectivity index (χ1v) is 7.35. The largest absolute Gasteiger partial charge is 0.309 e. The Morgan fingerprint density at radius 1 is 1.43 bits per heavy atom. The highest BCUT2D eigenvalue weighted by molar-refractivity contribution is 5.47. The summed E-state index contributed by atoms with van der Waals surface area (Å²) in [5.41, 5.74) is 2.48. The molecular formula is C15H24N4O2. The first-order valence-electron chi connectivity index (χ1n) is 7.35. The zero-order valence-corrected chi connectivity index (χ0v) is 13.3. The van der Waals surface area contributed by atoms with Crippen LogP contribution in [0.15, 0.2) is 6.20 Å². The lowest BCUT2D eigenvalue weighted by Crippen LogP contribution is -2.56. The lowest BCUT2D eigenvalue weighted by molar-refractivity contribution is -0.386. The quantitative estimate of drug-likeness (QED) is 0.643. The molecule has 0 bridgehead atoms. The molecule has 2 rings (SSSR count). The SMILES string of the molecule is Cc1cnc(CNCC2(N(C)C)CCC2)c(C)c1[N+](=O)[O-]. The van der Waals surface area contributed by atoms with E-state index in [0.29, 0.717) is 17.7 Å². The first kappa shape index (κ1) is 15.9. The molecule has 1 N–H and O–H groups in total. The minimum atomic E-state index is -0.316. The zero-order chi connectivity index (χ0) is 15.6. The van der Waals surface area contributed by atoms with E-state index in [-0.39, 0.29) is 16.1 Å². The van der Waals surface area contributed by atoms with Gasteiger partial charge >= 0.3 is 0 Å². The summed E-state index contributed by atoms with van der Waals surface area (Å²) in [6.07, 6.45) is 5.27. The van der Waals surface area contributed by atoms with Crippen LogP contribution in [0.3, 0.4) is 0 Å². The molecule has 1 aromatic heterocycles. The summed E-state index contributed by atoms with van der Waals surface area (Å²) in [5.74, 6) is 0. The van der Waals surface area contributed by atoms with Gasteiger partial charge in [-0.1, -0.05) is 0 Å². The average molecular weight is 292 g/mol. The third-order valence-corrected chi connectivity index (χ3v) is 4.74. The third-order valence-electron chi connectivity index (χ3n) is 4.74. The molecule has 1 aliphatic carbocycles. The number of nitrogens with zero attached hydrogens (tertiary/aromatic N) is 3. The van der Waals surface area contributed by atoms with Gasteiger partial charge in [0.25, 0.3) is 5.69 Å². The molecule has 0 aromatic carbocycles. The van der Waals surface area contributed by atoms with Crippen LogP contribution in [0.25, 0.3) is 0 Å². The van der Waals surface area contributed by atoms with E-state index in [0.717, 1.165) is 12.2 Å².